The Morgan fingerprint density at radius 3 is 2.62 bits per heavy atom. The zero-order chi connectivity index (χ0) is 18.5. The van der Waals surface area contributed by atoms with Gasteiger partial charge in [0.25, 0.3) is 5.91 Å². The van der Waals surface area contributed by atoms with Crippen molar-refractivity contribution in [3.8, 4) is 5.75 Å². The lowest BCUT2D eigenvalue weighted by atomic mass is 10.3. The van der Waals surface area contributed by atoms with Crippen LogP contribution in [0.2, 0.25) is 0 Å². The van der Waals surface area contributed by atoms with Crippen LogP contribution in [-0.4, -0.2) is 34.5 Å². The quantitative estimate of drug-likeness (QED) is 0.670. The van der Waals surface area contributed by atoms with E-state index in [1.54, 1.807) is 16.7 Å². The largest absolute Gasteiger partial charge is 0.484 e. The molecule has 0 saturated carbocycles. The van der Waals surface area contributed by atoms with Crippen molar-refractivity contribution in [3.05, 3.63) is 58.8 Å². The zero-order valence-corrected chi connectivity index (χ0v) is 15.8. The van der Waals surface area contributed by atoms with Gasteiger partial charge in [-0.3, -0.25) is 14.2 Å². The molecule has 0 aliphatic carbocycles. The van der Waals surface area contributed by atoms with Gasteiger partial charge in [0.05, 0.1) is 11.0 Å². The van der Waals surface area contributed by atoms with Gasteiger partial charge in [-0.2, -0.15) is 0 Å². The monoisotopic (exact) mass is 415 g/mol. The molecule has 3 aromatic rings. The molecule has 3 rings (SSSR count). The van der Waals surface area contributed by atoms with E-state index in [-0.39, 0.29) is 18.4 Å². The van der Waals surface area contributed by atoms with Gasteiger partial charge in [-0.1, -0.05) is 28.1 Å². The predicted octanol–water partition coefficient (Wildman–Crippen LogP) is 3.20. The number of para-hydroxylation sites is 2. The fourth-order valence-corrected chi connectivity index (χ4v) is 2.90. The molecular weight excluding hydrogens is 398 g/mol. The van der Waals surface area contributed by atoms with Crippen molar-refractivity contribution in [3.63, 3.8) is 0 Å². The first-order chi connectivity index (χ1) is 12.5. The first-order valence-electron chi connectivity index (χ1n) is 8.17. The number of carbonyl (C=O) groups is 2. The van der Waals surface area contributed by atoms with Crippen molar-refractivity contribution in [1.82, 2.24) is 14.9 Å². The first kappa shape index (κ1) is 18.1. The van der Waals surface area contributed by atoms with Crippen molar-refractivity contribution >= 4 is 38.8 Å². The molecule has 134 valence electrons. The number of rotatable bonds is 6. The summed E-state index contributed by atoms with van der Waals surface area (Å²) in [5.41, 5.74) is 1.54. The Morgan fingerprint density at radius 1 is 1.15 bits per heavy atom. The van der Waals surface area contributed by atoms with Crippen LogP contribution in [0.25, 0.3) is 11.0 Å². The van der Waals surface area contributed by atoms with Crippen LogP contribution in [0.1, 0.15) is 17.5 Å². The lowest BCUT2D eigenvalue weighted by Crippen LogP contribution is -2.31. The van der Waals surface area contributed by atoms with Crippen molar-refractivity contribution in [2.24, 2.45) is 0 Å². The van der Waals surface area contributed by atoms with Gasteiger partial charge in [-0.15, -0.1) is 0 Å². The molecule has 0 atom stereocenters. The summed E-state index contributed by atoms with van der Waals surface area (Å²) >= 11 is 3.34. The molecule has 0 aliphatic rings. The van der Waals surface area contributed by atoms with Gasteiger partial charge >= 0.3 is 0 Å². The standard InChI is InChI=1S/C19H18BrN3O3/c1-13(24)23-17-5-3-2-4-16(17)22-18(23)10-11-21-19(25)12-26-15-8-6-14(20)7-9-15/h2-9H,10-12H2,1H3,(H,21,25). The van der Waals surface area contributed by atoms with E-state index >= 15 is 0 Å². The third-order valence-corrected chi connectivity index (χ3v) is 4.33. The van der Waals surface area contributed by atoms with E-state index in [1.165, 1.54) is 6.92 Å². The number of fused-ring (bicyclic) bond motifs is 1. The van der Waals surface area contributed by atoms with E-state index in [9.17, 15) is 9.59 Å². The molecule has 0 bridgehead atoms. The number of nitrogens with one attached hydrogen (secondary N) is 1. The highest BCUT2D eigenvalue weighted by atomic mass is 79.9. The van der Waals surface area contributed by atoms with Crippen LogP contribution in [0.4, 0.5) is 0 Å². The number of halogens is 1. The summed E-state index contributed by atoms with van der Waals surface area (Å²) in [6, 6.07) is 14.7. The maximum Gasteiger partial charge on any atom is 0.257 e. The molecule has 1 aromatic heterocycles. The molecule has 6 nitrogen and oxygen atoms in total. The summed E-state index contributed by atoms with van der Waals surface area (Å²) in [4.78, 5) is 28.3. The van der Waals surface area contributed by atoms with E-state index in [4.69, 9.17) is 4.74 Å². The summed E-state index contributed by atoms with van der Waals surface area (Å²) in [7, 11) is 0. The van der Waals surface area contributed by atoms with Crippen LogP contribution in [0, 0.1) is 0 Å². The average molecular weight is 416 g/mol. The number of hydrogen-bond donors (Lipinski definition) is 1. The molecular formula is C19H18BrN3O3. The summed E-state index contributed by atoms with van der Waals surface area (Å²) < 4.78 is 7.96. The number of aromatic nitrogens is 2. The lowest BCUT2D eigenvalue weighted by Gasteiger charge is -2.08. The van der Waals surface area contributed by atoms with Crippen molar-refractivity contribution in [2.75, 3.05) is 13.2 Å². The van der Waals surface area contributed by atoms with Crippen LogP contribution in [0.15, 0.2) is 53.0 Å². The zero-order valence-electron chi connectivity index (χ0n) is 14.2. The minimum atomic E-state index is -0.224. The molecule has 1 heterocycles. The molecule has 0 aliphatic heterocycles. The normalized spacial score (nSPS) is 10.7. The average Bonchev–Trinajstić information content (AvgIpc) is 2.99. The van der Waals surface area contributed by atoms with Crippen LogP contribution in [-0.2, 0) is 11.2 Å². The number of ether oxygens (including phenoxy) is 1. The van der Waals surface area contributed by atoms with Gasteiger partial charge in [-0.25, -0.2) is 4.98 Å². The van der Waals surface area contributed by atoms with E-state index in [0.717, 1.165) is 15.5 Å². The topological polar surface area (TPSA) is 73.2 Å². The predicted molar refractivity (Wildman–Crippen MR) is 102 cm³/mol. The smallest absolute Gasteiger partial charge is 0.257 e. The third kappa shape index (κ3) is 4.29. The van der Waals surface area contributed by atoms with Crippen molar-refractivity contribution < 1.29 is 14.3 Å². The molecule has 2 aromatic carbocycles. The van der Waals surface area contributed by atoms with Gasteiger partial charge in [0.1, 0.15) is 11.6 Å². The summed E-state index contributed by atoms with van der Waals surface area (Å²) in [5, 5.41) is 2.79. The van der Waals surface area contributed by atoms with Crippen molar-refractivity contribution in [1.29, 1.82) is 0 Å². The highest BCUT2D eigenvalue weighted by molar-refractivity contribution is 9.10. The SMILES string of the molecule is CC(=O)n1c(CCNC(=O)COc2ccc(Br)cc2)nc2ccccc21. The second kappa shape index (κ2) is 8.14. The number of nitrogens with zero attached hydrogens (tertiary/aromatic N) is 2. The molecule has 0 radical (unpaired) electrons. The Kier molecular flexibility index (Phi) is 5.68. The van der Waals surface area contributed by atoms with Gasteiger partial charge in [0.2, 0.25) is 5.91 Å². The Labute approximate surface area is 159 Å². The maximum absolute atomic E-state index is 11.9. The number of imidazole rings is 1. The highest BCUT2D eigenvalue weighted by Gasteiger charge is 2.13. The Morgan fingerprint density at radius 2 is 1.88 bits per heavy atom. The van der Waals surface area contributed by atoms with Gasteiger partial charge in [0.15, 0.2) is 6.61 Å². The fraction of sp³-hybridized carbons (Fsp3) is 0.211. The van der Waals surface area contributed by atoms with E-state index in [2.05, 4.69) is 26.2 Å². The molecule has 0 spiro atoms. The molecule has 0 unspecified atom stereocenters. The van der Waals surface area contributed by atoms with Crippen LogP contribution in [0.3, 0.4) is 0 Å². The fourth-order valence-electron chi connectivity index (χ4n) is 2.64. The van der Waals surface area contributed by atoms with E-state index in [1.807, 2.05) is 36.4 Å². The lowest BCUT2D eigenvalue weighted by molar-refractivity contribution is -0.123. The minimum absolute atomic E-state index is 0.0647. The molecule has 0 saturated heterocycles. The molecule has 1 amide bonds. The highest BCUT2D eigenvalue weighted by Crippen LogP contribution is 2.17. The first-order valence-corrected chi connectivity index (χ1v) is 8.96. The molecule has 0 fully saturated rings. The number of amides is 1. The van der Waals surface area contributed by atoms with Gasteiger partial charge in [0, 0.05) is 24.4 Å². The van der Waals surface area contributed by atoms with Crippen LogP contribution < -0.4 is 10.1 Å². The maximum atomic E-state index is 11.9. The van der Waals surface area contributed by atoms with Crippen LogP contribution in [0.5, 0.6) is 5.75 Å². The van der Waals surface area contributed by atoms with Gasteiger partial charge < -0.3 is 10.1 Å². The number of benzene rings is 2. The summed E-state index contributed by atoms with van der Waals surface area (Å²) in [6.45, 7) is 1.81. The molecule has 26 heavy (non-hydrogen) atoms. The third-order valence-electron chi connectivity index (χ3n) is 3.80. The van der Waals surface area contributed by atoms with Gasteiger partial charge in [-0.05, 0) is 36.4 Å². The Hall–Kier alpha value is -2.67. The number of carbonyl (C=O) groups excluding carboxylic acids is 2. The second-order valence-electron chi connectivity index (χ2n) is 5.71. The minimum Gasteiger partial charge on any atom is -0.484 e. The van der Waals surface area contributed by atoms with Crippen molar-refractivity contribution in [2.45, 2.75) is 13.3 Å². The van der Waals surface area contributed by atoms with Crippen LogP contribution >= 0.6 is 15.9 Å². The summed E-state index contributed by atoms with van der Waals surface area (Å²) in [6.07, 6.45) is 0.457. The number of hydrogen-bond acceptors (Lipinski definition) is 4. The molecule has 1 N–H and O–H groups in total. The molecule has 7 heteroatoms. The Balaban J connectivity index is 1.55. The van der Waals surface area contributed by atoms with E-state index in [0.29, 0.717) is 24.5 Å². The van der Waals surface area contributed by atoms with E-state index < -0.39 is 0 Å². The summed E-state index contributed by atoms with van der Waals surface area (Å²) in [5.74, 6) is 0.937. The Bertz CT molecular complexity index is 935. The second-order valence-corrected chi connectivity index (χ2v) is 6.63.